The van der Waals surface area contributed by atoms with E-state index in [1.807, 2.05) is 12.3 Å². The molecule has 2 aromatic rings. The summed E-state index contributed by atoms with van der Waals surface area (Å²) in [6, 6.07) is 14.9. The van der Waals surface area contributed by atoms with Gasteiger partial charge in [0.1, 0.15) is 5.82 Å². The Kier molecular flexibility index (Phi) is 6.69. The minimum Gasteiger partial charge on any atom is -0.357 e. The summed E-state index contributed by atoms with van der Waals surface area (Å²) in [4.78, 5) is 11.4. The Morgan fingerprint density at radius 1 is 1.19 bits per heavy atom. The predicted molar refractivity (Wildman–Crippen MR) is 113 cm³/mol. The second-order valence-corrected chi connectivity index (χ2v) is 7.40. The number of rotatable bonds is 5. The van der Waals surface area contributed by atoms with Gasteiger partial charge in [-0.2, -0.15) is 0 Å². The summed E-state index contributed by atoms with van der Waals surface area (Å²) in [5.74, 6) is 2.72. The third-order valence-electron chi connectivity index (χ3n) is 5.25. The highest BCUT2D eigenvalue weighted by molar-refractivity contribution is 5.80. The molecule has 0 amide bonds. The third kappa shape index (κ3) is 5.46. The lowest BCUT2D eigenvalue weighted by Gasteiger charge is -2.31. The molecule has 0 bridgehead atoms. The van der Waals surface area contributed by atoms with Crippen LogP contribution in [0.5, 0.6) is 0 Å². The molecule has 1 aromatic carbocycles. The molecule has 0 radical (unpaired) electrons. The largest absolute Gasteiger partial charge is 0.357 e. The van der Waals surface area contributed by atoms with Crippen LogP contribution in [-0.2, 0) is 6.54 Å². The van der Waals surface area contributed by atoms with Gasteiger partial charge in [-0.1, -0.05) is 43.3 Å². The van der Waals surface area contributed by atoms with Crippen molar-refractivity contribution in [3.8, 4) is 0 Å². The topological polar surface area (TPSA) is 52.6 Å². The number of piperidine rings is 1. The third-order valence-corrected chi connectivity index (χ3v) is 5.25. The average Bonchev–Trinajstić information content (AvgIpc) is 2.72. The minimum absolute atomic E-state index is 0.194. The van der Waals surface area contributed by atoms with Crippen LogP contribution in [0.1, 0.15) is 43.9 Å². The number of hydrogen-bond donors (Lipinski definition) is 2. The second-order valence-electron chi connectivity index (χ2n) is 7.40. The number of nitrogens with zero attached hydrogens (tertiary/aromatic N) is 3. The van der Waals surface area contributed by atoms with Crippen molar-refractivity contribution in [1.82, 2.24) is 15.6 Å². The summed E-state index contributed by atoms with van der Waals surface area (Å²) in [5.41, 5.74) is 2.39. The van der Waals surface area contributed by atoms with E-state index in [-0.39, 0.29) is 6.04 Å². The minimum atomic E-state index is 0.194. The van der Waals surface area contributed by atoms with Crippen LogP contribution in [0, 0.1) is 5.92 Å². The number of benzene rings is 1. The number of aromatic nitrogens is 1. The van der Waals surface area contributed by atoms with Gasteiger partial charge in [0, 0.05) is 32.9 Å². The zero-order valence-electron chi connectivity index (χ0n) is 16.7. The van der Waals surface area contributed by atoms with Gasteiger partial charge in [-0.15, -0.1) is 0 Å². The second kappa shape index (κ2) is 9.40. The van der Waals surface area contributed by atoms with Crippen LogP contribution in [0.2, 0.25) is 0 Å². The first-order chi connectivity index (χ1) is 13.2. The number of nitrogens with one attached hydrogen (secondary N) is 2. The van der Waals surface area contributed by atoms with Crippen LogP contribution in [0.25, 0.3) is 0 Å². The van der Waals surface area contributed by atoms with Gasteiger partial charge in [-0.3, -0.25) is 4.99 Å². The Morgan fingerprint density at radius 2 is 1.93 bits per heavy atom. The Labute approximate surface area is 162 Å². The van der Waals surface area contributed by atoms with E-state index in [4.69, 9.17) is 0 Å². The molecular formula is C22H31N5. The fraction of sp³-hybridized carbons (Fsp3) is 0.455. The molecular weight excluding hydrogens is 334 g/mol. The van der Waals surface area contributed by atoms with Gasteiger partial charge in [-0.05, 0) is 42.9 Å². The molecule has 1 unspecified atom stereocenters. The van der Waals surface area contributed by atoms with Crippen molar-refractivity contribution in [3.63, 3.8) is 0 Å². The van der Waals surface area contributed by atoms with E-state index >= 15 is 0 Å². The first kappa shape index (κ1) is 19.2. The first-order valence-corrected chi connectivity index (χ1v) is 9.87. The highest BCUT2D eigenvalue weighted by Crippen LogP contribution is 2.21. The molecule has 0 saturated carbocycles. The lowest BCUT2D eigenvalue weighted by atomic mass is 9.99. The van der Waals surface area contributed by atoms with Gasteiger partial charge in [0.2, 0.25) is 0 Å². The van der Waals surface area contributed by atoms with E-state index in [1.54, 1.807) is 7.05 Å². The van der Waals surface area contributed by atoms with Crippen LogP contribution in [-0.4, -0.2) is 31.1 Å². The van der Waals surface area contributed by atoms with Gasteiger partial charge < -0.3 is 15.5 Å². The van der Waals surface area contributed by atoms with E-state index in [9.17, 15) is 0 Å². The molecule has 1 aromatic heterocycles. The Bertz CT molecular complexity index is 718. The smallest absolute Gasteiger partial charge is 0.191 e. The molecule has 1 atom stereocenters. The molecule has 5 nitrogen and oxygen atoms in total. The van der Waals surface area contributed by atoms with Gasteiger partial charge in [0.05, 0.1) is 6.04 Å². The van der Waals surface area contributed by atoms with Crippen molar-refractivity contribution in [3.05, 3.63) is 59.8 Å². The van der Waals surface area contributed by atoms with Crippen molar-refractivity contribution < 1.29 is 0 Å². The lowest BCUT2D eigenvalue weighted by Crippen LogP contribution is -2.38. The summed E-state index contributed by atoms with van der Waals surface area (Å²) < 4.78 is 0. The molecule has 27 heavy (non-hydrogen) atoms. The summed E-state index contributed by atoms with van der Waals surface area (Å²) >= 11 is 0. The van der Waals surface area contributed by atoms with Gasteiger partial charge in [0.15, 0.2) is 5.96 Å². The van der Waals surface area contributed by atoms with Crippen LogP contribution in [0.3, 0.4) is 0 Å². The van der Waals surface area contributed by atoms with Crippen molar-refractivity contribution in [2.45, 2.75) is 39.3 Å². The fourth-order valence-electron chi connectivity index (χ4n) is 3.36. The number of aliphatic imine (C=N–C) groups is 1. The molecule has 144 valence electrons. The highest BCUT2D eigenvalue weighted by atomic mass is 15.2. The summed E-state index contributed by atoms with van der Waals surface area (Å²) in [6.45, 7) is 7.39. The zero-order chi connectivity index (χ0) is 19.1. The number of guanidine groups is 1. The first-order valence-electron chi connectivity index (χ1n) is 9.87. The Balaban J connectivity index is 1.51. The van der Waals surface area contributed by atoms with Crippen molar-refractivity contribution in [1.29, 1.82) is 0 Å². The zero-order valence-corrected chi connectivity index (χ0v) is 16.7. The number of anilines is 1. The van der Waals surface area contributed by atoms with Crippen LogP contribution in [0.15, 0.2) is 53.7 Å². The molecule has 3 rings (SSSR count). The van der Waals surface area contributed by atoms with Crippen molar-refractivity contribution >= 4 is 11.8 Å². The maximum atomic E-state index is 4.67. The molecule has 0 aliphatic carbocycles. The molecule has 5 heteroatoms. The molecule has 1 saturated heterocycles. The quantitative estimate of drug-likeness (QED) is 0.626. The summed E-state index contributed by atoms with van der Waals surface area (Å²) in [7, 11) is 1.80. The van der Waals surface area contributed by atoms with Crippen molar-refractivity contribution in [2.75, 3.05) is 25.0 Å². The SMILES string of the molecule is CN=C(NCc1ccc(N2CCC(C)CC2)nc1)NC(C)c1ccccc1. The van der Waals surface area contributed by atoms with E-state index in [2.05, 4.69) is 75.8 Å². The van der Waals surface area contributed by atoms with E-state index in [0.717, 1.165) is 36.3 Å². The maximum Gasteiger partial charge on any atom is 0.191 e. The van der Waals surface area contributed by atoms with Crippen LogP contribution in [0.4, 0.5) is 5.82 Å². The van der Waals surface area contributed by atoms with E-state index < -0.39 is 0 Å². The summed E-state index contributed by atoms with van der Waals surface area (Å²) in [6.07, 6.45) is 4.48. The summed E-state index contributed by atoms with van der Waals surface area (Å²) in [5, 5.41) is 6.81. The molecule has 1 aliphatic rings. The number of hydrogen-bond acceptors (Lipinski definition) is 3. The van der Waals surface area contributed by atoms with E-state index in [1.165, 1.54) is 18.4 Å². The molecule has 2 heterocycles. The Hall–Kier alpha value is -2.56. The normalized spacial score (nSPS) is 16.9. The van der Waals surface area contributed by atoms with Crippen molar-refractivity contribution in [2.24, 2.45) is 10.9 Å². The molecule has 2 N–H and O–H groups in total. The van der Waals surface area contributed by atoms with Gasteiger partial charge >= 0.3 is 0 Å². The van der Waals surface area contributed by atoms with Crippen LogP contribution < -0.4 is 15.5 Å². The maximum absolute atomic E-state index is 4.67. The van der Waals surface area contributed by atoms with Gasteiger partial charge in [-0.25, -0.2) is 4.98 Å². The lowest BCUT2D eigenvalue weighted by molar-refractivity contribution is 0.436. The average molecular weight is 366 g/mol. The molecule has 1 fully saturated rings. The standard InChI is InChI=1S/C22H31N5/c1-17-11-13-27(14-12-17)21-10-9-19(15-24-21)16-25-22(23-3)26-18(2)20-7-5-4-6-8-20/h4-10,15,17-18H,11-14,16H2,1-3H3,(H2,23,25,26). The highest BCUT2D eigenvalue weighted by Gasteiger charge is 2.16. The van der Waals surface area contributed by atoms with Crippen LogP contribution >= 0.6 is 0 Å². The predicted octanol–water partition coefficient (Wildman–Crippen LogP) is 3.74. The molecule has 0 spiro atoms. The Morgan fingerprint density at radius 3 is 2.56 bits per heavy atom. The van der Waals surface area contributed by atoms with Gasteiger partial charge in [0.25, 0.3) is 0 Å². The van der Waals surface area contributed by atoms with E-state index in [0.29, 0.717) is 6.54 Å². The fourth-order valence-corrected chi connectivity index (χ4v) is 3.36. The monoisotopic (exact) mass is 365 g/mol. The number of pyridine rings is 1. The molecule has 1 aliphatic heterocycles.